The van der Waals surface area contributed by atoms with Crippen LogP contribution in [0.5, 0.6) is 0 Å². The molecule has 174 valence electrons. The van der Waals surface area contributed by atoms with Gasteiger partial charge < -0.3 is 30.5 Å². The molecule has 3 rings (SSSR count). The van der Waals surface area contributed by atoms with Crippen LogP contribution in [0.3, 0.4) is 0 Å². The molecule has 0 fully saturated rings. The van der Waals surface area contributed by atoms with Crippen LogP contribution in [-0.2, 0) is 31.9 Å². The van der Waals surface area contributed by atoms with Crippen molar-refractivity contribution < 1.29 is 23.9 Å². The molecule has 1 atom stereocenters. The van der Waals surface area contributed by atoms with Crippen molar-refractivity contribution in [1.82, 2.24) is 20.3 Å². The van der Waals surface area contributed by atoms with E-state index in [0.29, 0.717) is 29.4 Å². The molecule has 0 bridgehead atoms. The maximum absolute atomic E-state index is 12.6. The lowest BCUT2D eigenvalue weighted by atomic mass is 10.0. The number of nitrogens with zero attached hydrogens (tertiary/aromatic N) is 1. The number of nitrogens with one attached hydrogen (secondary N) is 3. The van der Waals surface area contributed by atoms with E-state index in [9.17, 15) is 19.2 Å². The molecule has 0 aliphatic rings. The fraction of sp³-hybridized carbons (Fsp3) is 0.318. The average Bonchev–Trinajstić information content (AvgIpc) is 3.22. The Kier molecular flexibility index (Phi) is 7.44. The number of methoxy groups -OCH3 is 2. The lowest BCUT2D eigenvalue weighted by molar-refractivity contribution is -0.144. The number of carbonyl (C=O) groups excluding carboxylic acids is 3. The van der Waals surface area contributed by atoms with E-state index in [1.807, 2.05) is 0 Å². The Labute approximate surface area is 188 Å². The van der Waals surface area contributed by atoms with Gasteiger partial charge in [0.25, 0.3) is 11.5 Å². The molecule has 2 aromatic heterocycles. The van der Waals surface area contributed by atoms with Gasteiger partial charge in [0, 0.05) is 18.2 Å². The van der Waals surface area contributed by atoms with Crippen LogP contribution < -0.4 is 16.6 Å². The first-order valence-electron chi connectivity index (χ1n) is 10.2. The number of ether oxygens (including phenoxy) is 2. The zero-order chi connectivity index (χ0) is 24.0. The van der Waals surface area contributed by atoms with Gasteiger partial charge in [-0.25, -0.2) is 4.79 Å². The van der Waals surface area contributed by atoms with Gasteiger partial charge >= 0.3 is 11.9 Å². The van der Waals surface area contributed by atoms with E-state index in [1.54, 1.807) is 30.5 Å². The number of carbonyl (C=O) groups is 3. The molecule has 0 unspecified atom stereocenters. The Morgan fingerprint density at radius 1 is 1.12 bits per heavy atom. The Balaban J connectivity index is 1.63. The largest absolute Gasteiger partial charge is 0.469 e. The van der Waals surface area contributed by atoms with Crippen LogP contribution in [0.25, 0.3) is 11.0 Å². The van der Waals surface area contributed by atoms with Crippen molar-refractivity contribution in [3.05, 3.63) is 57.5 Å². The van der Waals surface area contributed by atoms with Crippen molar-refractivity contribution in [2.24, 2.45) is 0 Å². The Morgan fingerprint density at radius 3 is 2.52 bits per heavy atom. The molecule has 0 saturated carbocycles. The molecular formula is C22H25N5O6. The summed E-state index contributed by atoms with van der Waals surface area (Å²) < 4.78 is 9.27. The smallest absolute Gasteiger partial charge is 0.328 e. The second-order valence-corrected chi connectivity index (χ2v) is 7.35. The number of benzene rings is 1. The monoisotopic (exact) mass is 455 g/mol. The molecule has 1 amide bonds. The van der Waals surface area contributed by atoms with Crippen LogP contribution in [0.15, 0.2) is 35.3 Å². The number of aromatic amines is 2. The molecule has 1 aromatic carbocycles. The number of nitrogen functional groups attached to an aromatic ring is 1. The second-order valence-electron chi connectivity index (χ2n) is 7.35. The van der Waals surface area contributed by atoms with E-state index in [-0.39, 0.29) is 18.8 Å². The van der Waals surface area contributed by atoms with Crippen molar-refractivity contribution in [2.75, 3.05) is 20.0 Å². The third-order valence-corrected chi connectivity index (χ3v) is 5.21. The molecule has 0 aliphatic carbocycles. The molecule has 5 N–H and O–H groups in total. The van der Waals surface area contributed by atoms with Gasteiger partial charge in [-0.1, -0.05) is 12.1 Å². The number of H-pyrrole nitrogens is 2. The number of nitrogens with two attached hydrogens (primary N) is 1. The summed E-state index contributed by atoms with van der Waals surface area (Å²) in [5.41, 5.74) is 7.82. The Bertz CT molecular complexity index is 1210. The molecule has 11 heteroatoms. The van der Waals surface area contributed by atoms with Crippen LogP contribution in [0.1, 0.15) is 34.3 Å². The van der Waals surface area contributed by atoms with E-state index in [0.717, 1.165) is 11.1 Å². The topological polar surface area (TPSA) is 169 Å². The maximum Gasteiger partial charge on any atom is 0.328 e. The Hall–Kier alpha value is -4.15. The first-order valence-corrected chi connectivity index (χ1v) is 10.2. The number of hydrogen-bond donors (Lipinski definition) is 4. The van der Waals surface area contributed by atoms with Gasteiger partial charge in [-0.3, -0.25) is 14.4 Å². The van der Waals surface area contributed by atoms with Gasteiger partial charge in [0.1, 0.15) is 11.7 Å². The van der Waals surface area contributed by atoms with E-state index < -0.39 is 29.4 Å². The SMILES string of the molecule is COC(=O)CC[C@H](NC(=O)c1ccc(CCc2c[nH]c3[nH]c(N)nc(=O)c23)cc1)C(=O)OC. The van der Waals surface area contributed by atoms with Crippen molar-refractivity contribution in [2.45, 2.75) is 31.7 Å². The number of rotatable bonds is 9. The summed E-state index contributed by atoms with van der Waals surface area (Å²) in [5, 5.41) is 3.06. The van der Waals surface area contributed by atoms with Crippen molar-refractivity contribution in [3.8, 4) is 0 Å². The molecule has 11 nitrogen and oxygen atoms in total. The van der Waals surface area contributed by atoms with Crippen molar-refractivity contribution in [3.63, 3.8) is 0 Å². The number of hydrogen-bond acceptors (Lipinski definition) is 8. The number of amides is 1. The summed E-state index contributed by atoms with van der Waals surface area (Å²) in [5.74, 6) is -1.55. The summed E-state index contributed by atoms with van der Waals surface area (Å²) >= 11 is 0. The van der Waals surface area contributed by atoms with Gasteiger partial charge in [-0.05, 0) is 42.5 Å². The van der Waals surface area contributed by atoms with Gasteiger partial charge in [-0.2, -0.15) is 4.98 Å². The van der Waals surface area contributed by atoms with Gasteiger partial charge in [-0.15, -0.1) is 0 Å². The molecular weight excluding hydrogens is 430 g/mol. The molecule has 0 aliphatic heterocycles. The highest BCUT2D eigenvalue weighted by Crippen LogP contribution is 2.16. The lowest BCUT2D eigenvalue weighted by Crippen LogP contribution is -2.41. The van der Waals surface area contributed by atoms with Crippen LogP contribution in [0, 0.1) is 0 Å². The summed E-state index contributed by atoms with van der Waals surface area (Å²) in [6.45, 7) is 0. The summed E-state index contributed by atoms with van der Waals surface area (Å²) in [7, 11) is 2.46. The van der Waals surface area contributed by atoms with Crippen LogP contribution in [0.2, 0.25) is 0 Å². The van der Waals surface area contributed by atoms with E-state index in [4.69, 9.17) is 10.5 Å². The Morgan fingerprint density at radius 2 is 1.85 bits per heavy atom. The molecule has 0 radical (unpaired) electrons. The molecule has 3 aromatic rings. The second kappa shape index (κ2) is 10.4. The molecule has 33 heavy (non-hydrogen) atoms. The predicted molar refractivity (Wildman–Crippen MR) is 119 cm³/mol. The highest BCUT2D eigenvalue weighted by molar-refractivity contribution is 5.96. The van der Waals surface area contributed by atoms with Crippen molar-refractivity contribution >= 4 is 34.8 Å². The zero-order valence-corrected chi connectivity index (χ0v) is 18.3. The van der Waals surface area contributed by atoms with Crippen molar-refractivity contribution in [1.29, 1.82) is 0 Å². The standard InChI is InChI=1S/C22H25N5O6/c1-32-16(28)10-9-15(21(31)33-2)25-19(29)13-6-3-12(4-7-13)5-8-14-11-24-18-17(14)20(30)27-22(23)26-18/h3-4,6-7,11,15H,5,8-10H2,1-2H3,(H,25,29)(H4,23,24,26,27,30)/t15-/m0/s1. The summed E-state index contributed by atoms with van der Waals surface area (Å²) in [6, 6.07) is 5.91. The molecule has 0 spiro atoms. The fourth-order valence-corrected chi connectivity index (χ4v) is 3.42. The normalized spacial score (nSPS) is 11.7. The lowest BCUT2D eigenvalue weighted by Gasteiger charge is -2.16. The van der Waals surface area contributed by atoms with Crippen LogP contribution in [-0.4, -0.2) is 53.1 Å². The number of esters is 2. The van der Waals surface area contributed by atoms with Gasteiger partial charge in [0.05, 0.1) is 19.6 Å². The van der Waals surface area contributed by atoms with Gasteiger partial charge in [0.2, 0.25) is 5.95 Å². The minimum Gasteiger partial charge on any atom is -0.469 e. The van der Waals surface area contributed by atoms with E-state index in [2.05, 4.69) is 25.0 Å². The summed E-state index contributed by atoms with van der Waals surface area (Å²) in [4.78, 5) is 57.5. The van der Waals surface area contributed by atoms with Crippen LogP contribution >= 0.6 is 0 Å². The third-order valence-electron chi connectivity index (χ3n) is 5.21. The van der Waals surface area contributed by atoms with Gasteiger partial charge in [0.15, 0.2) is 0 Å². The first-order chi connectivity index (χ1) is 15.8. The predicted octanol–water partition coefficient (Wildman–Crippen LogP) is 0.843. The third kappa shape index (κ3) is 5.76. The minimum atomic E-state index is -0.969. The van der Waals surface area contributed by atoms with Crippen LogP contribution in [0.4, 0.5) is 5.95 Å². The first kappa shape index (κ1) is 23.5. The van der Waals surface area contributed by atoms with E-state index >= 15 is 0 Å². The quantitative estimate of drug-likeness (QED) is 0.344. The fourth-order valence-electron chi connectivity index (χ4n) is 3.42. The number of anilines is 1. The summed E-state index contributed by atoms with van der Waals surface area (Å²) in [6.07, 6.45) is 2.98. The maximum atomic E-state index is 12.6. The van der Waals surface area contributed by atoms with E-state index in [1.165, 1.54) is 14.2 Å². The zero-order valence-electron chi connectivity index (χ0n) is 18.3. The number of aromatic nitrogens is 3. The molecule has 2 heterocycles. The average molecular weight is 455 g/mol. The minimum absolute atomic E-state index is 0.0335. The number of aryl methyl sites for hydroxylation is 2. The highest BCUT2D eigenvalue weighted by Gasteiger charge is 2.23. The highest BCUT2D eigenvalue weighted by atomic mass is 16.5. The number of fused-ring (bicyclic) bond motifs is 1. The molecule has 0 saturated heterocycles.